The van der Waals surface area contributed by atoms with Gasteiger partial charge in [-0.2, -0.15) is 0 Å². The van der Waals surface area contributed by atoms with Gasteiger partial charge in [0.1, 0.15) is 6.04 Å². The monoisotopic (exact) mass is 284 g/mol. The normalized spacial score (nSPS) is 27.1. The molecule has 0 bridgehead atoms. The number of carboxylic acids is 1. The SMILES string of the molecule is CC1C[C@H](C(=O)NC(C)C(=O)NC(C)C)[C@H](C(=O)O)C1. The zero-order valence-corrected chi connectivity index (χ0v) is 12.5. The van der Waals surface area contributed by atoms with E-state index in [1.807, 2.05) is 20.8 Å². The first kappa shape index (κ1) is 16.5. The summed E-state index contributed by atoms with van der Waals surface area (Å²) in [5, 5.41) is 14.5. The van der Waals surface area contributed by atoms with Crippen LogP contribution in [0.3, 0.4) is 0 Å². The molecule has 1 fully saturated rings. The van der Waals surface area contributed by atoms with Crippen molar-refractivity contribution in [2.45, 2.75) is 52.6 Å². The van der Waals surface area contributed by atoms with E-state index in [-0.39, 0.29) is 23.8 Å². The van der Waals surface area contributed by atoms with Gasteiger partial charge in [-0.3, -0.25) is 14.4 Å². The molecular weight excluding hydrogens is 260 g/mol. The molecule has 1 rings (SSSR count). The molecule has 1 aliphatic rings. The Bertz CT molecular complexity index is 395. The molecular formula is C14H24N2O4. The van der Waals surface area contributed by atoms with Crippen LogP contribution in [0, 0.1) is 17.8 Å². The highest BCUT2D eigenvalue weighted by Crippen LogP contribution is 2.36. The largest absolute Gasteiger partial charge is 0.481 e. The molecule has 1 saturated carbocycles. The zero-order chi connectivity index (χ0) is 15.4. The van der Waals surface area contributed by atoms with Crippen LogP contribution >= 0.6 is 0 Å². The van der Waals surface area contributed by atoms with E-state index in [4.69, 9.17) is 5.11 Å². The standard InChI is InChI=1S/C14H24N2O4/c1-7(2)15-12(17)9(4)16-13(18)10-5-8(3)6-11(10)14(19)20/h7-11H,5-6H2,1-4H3,(H,15,17)(H,16,18)(H,19,20)/t8?,9?,10-,11+/m0/s1. The van der Waals surface area contributed by atoms with Crippen LogP contribution < -0.4 is 10.6 Å². The van der Waals surface area contributed by atoms with E-state index >= 15 is 0 Å². The van der Waals surface area contributed by atoms with Crippen LogP contribution in [-0.2, 0) is 14.4 Å². The minimum atomic E-state index is -0.936. The van der Waals surface area contributed by atoms with E-state index in [1.165, 1.54) is 0 Å². The zero-order valence-electron chi connectivity index (χ0n) is 12.5. The van der Waals surface area contributed by atoms with Gasteiger partial charge in [-0.05, 0) is 39.5 Å². The second-order valence-electron chi connectivity index (χ2n) is 6.02. The summed E-state index contributed by atoms with van der Waals surface area (Å²) in [6.07, 6.45) is 1.07. The minimum absolute atomic E-state index is 0.000114. The third-order valence-corrected chi connectivity index (χ3v) is 3.64. The summed E-state index contributed by atoms with van der Waals surface area (Å²) in [4.78, 5) is 35.1. The van der Waals surface area contributed by atoms with Crippen molar-refractivity contribution in [2.75, 3.05) is 0 Å². The second kappa shape index (κ2) is 6.72. The Hall–Kier alpha value is -1.59. The van der Waals surface area contributed by atoms with Gasteiger partial charge in [0, 0.05) is 6.04 Å². The molecule has 6 heteroatoms. The highest BCUT2D eigenvalue weighted by molar-refractivity contribution is 5.90. The Morgan fingerprint density at radius 2 is 1.60 bits per heavy atom. The number of carbonyl (C=O) groups excluding carboxylic acids is 2. The number of nitrogens with one attached hydrogen (secondary N) is 2. The molecule has 2 unspecified atom stereocenters. The first-order valence-electron chi connectivity index (χ1n) is 7.06. The third kappa shape index (κ3) is 4.21. The van der Waals surface area contributed by atoms with E-state index in [2.05, 4.69) is 10.6 Å². The maximum absolute atomic E-state index is 12.2. The van der Waals surface area contributed by atoms with E-state index in [9.17, 15) is 14.4 Å². The Labute approximate surface area is 119 Å². The van der Waals surface area contributed by atoms with Crippen molar-refractivity contribution >= 4 is 17.8 Å². The van der Waals surface area contributed by atoms with Crippen molar-refractivity contribution in [1.29, 1.82) is 0 Å². The van der Waals surface area contributed by atoms with Gasteiger partial charge in [0.05, 0.1) is 11.8 Å². The fraction of sp³-hybridized carbons (Fsp3) is 0.786. The number of rotatable bonds is 5. The van der Waals surface area contributed by atoms with Gasteiger partial charge >= 0.3 is 5.97 Å². The first-order valence-corrected chi connectivity index (χ1v) is 7.06. The van der Waals surface area contributed by atoms with Gasteiger partial charge in [0.15, 0.2) is 0 Å². The van der Waals surface area contributed by atoms with Gasteiger partial charge in [0.2, 0.25) is 11.8 Å². The summed E-state index contributed by atoms with van der Waals surface area (Å²) >= 11 is 0. The highest BCUT2D eigenvalue weighted by atomic mass is 16.4. The fourth-order valence-corrected chi connectivity index (χ4v) is 2.65. The summed E-state index contributed by atoms with van der Waals surface area (Å²) < 4.78 is 0. The van der Waals surface area contributed by atoms with Crippen LogP contribution in [-0.4, -0.2) is 35.0 Å². The number of amides is 2. The Balaban J connectivity index is 2.61. The van der Waals surface area contributed by atoms with Gasteiger partial charge < -0.3 is 15.7 Å². The maximum Gasteiger partial charge on any atom is 0.307 e. The van der Waals surface area contributed by atoms with Crippen molar-refractivity contribution in [3.8, 4) is 0 Å². The quantitative estimate of drug-likeness (QED) is 0.694. The van der Waals surface area contributed by atoms with Crippen molar-refractivity contribution in [2.24, 2.45) is 17.8 Å². The molecule has 3 N–H and O–H groups in total. The second-order valence-corrected chi connectivity index (χ2v) is 6.02. The topological polar surface area (TPSA) is 95.5 Å². The predicted molar refractivity (Wildman–Crippen MR) is 73.9 cm³/mol. The lowest BCUT2D eigenvalue weighted by Crippen LogP contribution is -2.49. The Morgan fingerprint density at radius 1 is 1.05 bits per heavy atom. The summed E-state index contributed by atoms with van der Waals surface area (Å²) in [5.74, 6) is -2.51. The molecule has 0 radical (unpaired) electrons. The van der Waals surface area contributed by atoms with E-state index < -0.39 is 23.8 Å². The molecule has 0 aromatic rings. The number of carboxylic acid groups (broad SMARTS) is 1. The van der Waals surface area contributed by atoms with E-state index in [1.54, 1.807) is 6.92 Å². The molecule has 0 heterocycles. The van der Waals surface area contributed by atoms with Gasteiger partial charge in [-0.1, -0.05) is 6.92 Å². The van der Waals surface area contributed by atoms with Gasteiger partial charge in [0.25, 0.3) is 0 Å². The Kier molecular flexibility index (Phi) is 5.53. The summed E-state index contributed by atoms with van der Waals surface area (Å²) in [6.45, 7) is 7.22. The number of carbonyl (C=O) groups is 3. The smallest absolute Gasteiger partial charge is 0.307 e. The molecule has 0 spiro atoms. The molecule has 1 aliphatic carbocycles. The molecule has 20 heavy (non-hydrogen) atoms. The summed E-state index contributed by atoms with van der Waals surface area (Å²) in [5.41, 5.74) is 0. The molecule has 4 atom stereocenters. The maximum atomic E-state index is 12.2. The predicted octanol–water partition coefficient (Wildman–Crippen LogP) is 0.763. The fourth-order valence-electron chi connectivity index (χ4n) is 2.65. The average Bonchev–Trinajstić information content (AvgIpc) is 2.70. The van der Waals surface area contributed by atoms with Crippen molar-refractivity contribution < 1.29 is 19.5 Å². The van der Waals surface area contributed by atoms with Crippen LogP contribution in [0.15, 0.2) is 0 Å². The molecule has 114 valence electrons. The average molecular weight is 284 g/mol. The highest BCUT2D eigenvalue weighted by Gasteiger charge is 2.41. The van der Waals surface area contributed by atoms with Crippen molar-refractivity contribution in [1.82, 2.24) is 10.6 Å². The van der Waals surface area contributed by atoms with Crippen LogP contribution in [0.2, 0.25) is 0 Å². The number of aliphatic carboxylic acids is 1. The minimum Gasteiger partial charge on any atom is -0.481 e. The van der Waals surface area contributed by atoms with Crippen LogP contribution in [0.4, 0.5) is 0 Å². The number of hydrogen-bond acceptors (Lipinski definition) is 3. The third-order valence-electron chi connectivity index (χ3n) is 3.64. The van der Waals surface area contributed by atoms with E-state index in [0.717, 1.165) is 0 Å². The molecule has 0 aromatic carbocycles. The molecule has 6 nitrogen and oxygen atoms in total. The molecule has 0 aliphatic heterocycles. The summed E-state index contributed by atoms with van der Waals surface area (Å²) in [7, 11) is 0. The lowest BCUT2D eigenvalue weighted by atomic mass is 9.95. The van der Waals surface area contributed by atoms with Crippen LogP contribution in [0.25, 0.3) is 0 Å². The lowest BCUT2D eigenvalue weighted by Gasteiger charge is -2.20. The van der Waals surface area contributed by atoms with Crippen molar-refractivity contribution in [3.05, 3.63) is 0 Å². The summed E-state index contributed by atoms with van der Waals surface area (Å²) in [6, 6.07) is -0.657. The number of hydrogen-bond donors (Lipinski definition) is 3. The van der Waals surface area contributed by atoms with Gasteiger partial charge in [-0.15, -0.1) is 0 Å². The Morgan fingerprint density at radius 3 is 2.10 bits per heavy atom. The van der Waals surface area contributed by atoms with Crippen LogP contribution in [0.1, 0.15) is 40.5 Å². The first-order chi connectivity index (χ1) is 9.22. The molecule has 0 saturated heterocycles. The molecule has 0 aromatic heterocycles. The van der Waals surface area contributed by atoms with Crippen LogP contribution in [0.5, 0.6) is 0 Å². The molecule has 2 amide bonds. The van der Waals surface area contributed by atoms with E-state index in [0.29, 0.717) is 12.8 Å². The van der Waals surface area contributed by atoms with Gasteiger partial charge in [-0.25, -0.2) is 0 Å². The lowest BCUT2D eigenvalue weighted by molar-refractivity contribution is -0.146. The van der Waals surface area contributed by atoms with Crippen molar-refractivity contribution in [3.63, 3.8) is 0 Å².